The summed E-state index contributed by atoms with van der Waals surface area (Å²) in [6.45, 7) is 1.90. The highest BCUT2D eigenvalue weighted by molar-refractivity contribution is 5.93. The second-order valence-electron chi connectivity index (χ2n) is 5.58. The average Bonchev–Trinajstić information content (AvgIpc) is 2.47. The third kappa shape index (κ3) is 6.75. The maximum atomic E-state index is 12.7. The number of hydrogen-bond acceptors (Lipinski definition) is 3. The summed E-state index contributed by atoms with van der Waals surface area (Å²) < 4.78 is 38.0. The lowest BCUT2D eigenvalue weighted by Gasteiger charge is -2.22. The Balaban J connectivity index is 0.00000264. The number of carbonyl (C=O) groups is 1. The molecule has 1 amide bonds. The molecule has 1 fully saturated rings. The molecule has 0 bridgehead atoms. The van der Waals surface area contributed by atoms with Gasteiger partial charge in [0.25, 0.3) is 0 Å². The molecule has 1 saturated heterocycles. The van der Waals surface area contributed by atoms with Gasteiger partial charge < -0.3 is 16.4 Å². The number of alkyl halides is 3. The molecule has 0 radical (unpaired) electrons. The minimum atomic E-state index is -4.46. The molecule has 1 aliphatic heterocycles. The van der Waals surface area contributed by atoms with Gasteiger partial charge >= 0.3 is 6.18 Å². The minimum absolute atomic E-state index is 0. The number of hydrogen-bond donors (Lipinski definition) is 3. The topological polar surface area (TPSA) is 67.1 Å². The first-order valence-corrected chi connectivity index (χ1v) is 7.33. The fourth-order valence-electron chi connectivity index (χ4n) is 2.56. The van der Waals surface area contributed by atoms with E-state index in [1.807, 2.05) is 0 Å². The van der Waals surface area contributed by atoms with E-state index in [1.165, 1.54) is 0 Å². The number of amides is 1. The van der Waals surface area contributed by atoms with Gasteiger partial charge in [0, 0.05) is 6.42 Å². The first kappa shape index (κ1) is 22.8. The van der Waals surface area contributed by atoms with Crippen molar-refractivity contribution in [3.8, 4) is 0 Å². The Morgan fingerprint density at radius 2 is 1.88 bits per heavy atom. The van der Waals surface area contributed by atoms with Crippen molar-refractivity contribution in [2.75, 3.05) is 24.1 Å². The van der Waals surface area contributed by atoms with E-state index in [4.69, 9.17) is 5.73 Å². The Hall–Kier alpha value is -1.18. The van der Waals surface area contributed by atoms with Crippen LogP contribution in [0.2, 0.25) is 0 Å². The highest BCUT2D eigenvalue weighted by atomic mass is 35.5. The standard InChI is InChI=1S/C15H20F3N3O.2ClH/c16-15(17,18)11-2-3-12(19)13(9-11)21-14(22)4-1-10-5-7-20-8-6-10;;/h2-3,9-10,20H,1,4-8,19H2,(H,21,22);2*1H. The lowest BCUT2D eigenvalue weighted by atomic mass is 9.93. The van der Waals surface area contributed by atoms with Crippen molar-refractivity contribution in [3.63, 3.8) is 0 Å². The normalized spacial score (nSPS) is 15.1. The van der Waals surface area contributed by atoms with E-state index in [9.17, 15) is 18.0 Å². The number of nitrogen functional groups attached to an aromatic ring is 1. The molecule has 0 atom stereocenters. The molecule has 138 valence electrons. The van der Waals surface area contributed by atoms with Crippen LogP contribution in [0, 0.1) is 5.92 Å². The largest absolute Gasteiger partial charge is 0.416 e. The molecule has 4 nitrogen and oxygen atoms in total. The Morgan fingerprint density at radius 3 is 2.46 bits per heavy atom. The maximum Gasteiger partial charge on any atom is 0.416 e. The van der Waals surface area contributed by atoms with E-state index in [2.05, 4.69) is 10.6 Å². The van der Waals surface area contributed by atoms with Gasteiger partial charge in [0.15, 0.2) is 0 Å². The Labute approximate surface area is 151 Å². The van der Waals surface area contributed by atoms with E-state index in [0.717, 1.165) is 50.6 Å². The quantitative estimate of drug-likeness (QED) is 0.687. The lowest BCUT2D eigenvalue weighted by Crippen LogP contribution is -2.28. The highest BCUT2D eigenvalue weighted by Crippen LogP contribution is 2.33. The Kier molecular flexibility index (Phi) is 9.47. The van der Waals surface area contributed by atoms with Crippen LogP contribution < -0.4 is 16.4 Å². The predicted molar refractivity (Wildman–Crippen MR) is 93.8 cm³/mol. The molecule has 1 aliphatic rings. The summed E-state index contributed by atoms with van der Waals surface area (Å²) in [6, 6.07) is 2.93. The summed E-state index contributed by atoms with van der Waals surface area (Å²) in [5, 5.41) is 5.73. The number of halogens is 5. The van der Waals surface area contributed by atoms with Gasteiger partial charge in [-0.3, -0.25) is 4.79 Å². The number of rotatable bonds is 4. The van der Waals surface area contributed by atoms with Crippen molar-refractivity contribution in [3.05, 3.63) is 23.8 Å². The van der Waals surface area contributed by atoms with E-state index >= 15 is 0 Å². The van der Waals surface area contributed by atoms with Gasteiger partial charge in [0.2, 0.25) is 5.91 Å². The molecule has 1 heterocycles. The zero-order valence-electron chi connectivity index (χ0n) is 13.0. The van der Waals surface area contributed by atoms with Gasteiger partial charge in [0.1, 0.15) is 0 Å². The molecule has 2 rings (SSSR count). The first-order valence-electron chi connectivity index (χ1n) is 7.33. The van der Waals surface area contributed by atoms with Crippen LogP contribution in [0.5, 0.6) is 0 Å². The average molecular weight is 388 g/mol. The highest BCUT2D eigenvalue weighted by Gasteiger charge is 2.31. The van der Waals surface area contributed by atoms with Crippen LogP contribution in [0.4, 0.5) is 24.5 Å². The van der Waals surface area contributed by atoms with Gasteiger partial charge in [-0.15, -0.1) is 24.8 Å². The number of carbonyl (C=O) groups excluding carboxylic acids is 1. The van der Waals surface area contributed by atoms with Crippen LogP contribution in [-0.4, -0.2) is 19.0 Å². The van der Waals surface area contributed by atoms with Gasteiger partial charge in [0.05, 0.1) is 16.9 Å². The summed E-state index contributed by atoms with van der Waals surface area (Å²) in [5.74, 6) is 0.190. The minimum Gasteiger partial charge on any atom is -0.397 e. The van der Waals surface area contributed by atoms with Gasteiger partial charge in [-0.05, 0) is 56.5 Å². The number of nitrogens with one attached hydrogen (secondary N) is 2. The molecule has 0 saturated carbocycles. The zero-order chi connectivity index (χ0) is 16.2. The van der Waals surface area contributed by atoms with Crippen LogP contribution in [0.1, 0.15) is 31.2 Å². The van der Waals surface area contributed by atoms with E-state index < -0.39 is 11.7 Å². The van der Waals surface area contributed by atoms with E-state index in [-0.39, 0.29) is 42.1 Å². The lowest BCUT2D eigenvalue weighted by molar-refractivity contribution is -0.137. The van der Waals surface area contributed by atoms with Crippen molar-refractivity contribution in [1.82, 2.24) is 5.32 Å². The summed E-state index contributed by atoms with van der Waals surface area (Å²) in [6.07, 6.45) is -1.37. The third-order valence-corrected chi connectivity index (χ3v) is 3.89. The van der Waals surface area contributed by atoms with Crippen LogP contribution in [0.3, 0.4) is 0 Å². The molecule has 4 N–H and O–H groups in total. The van der Waals surface area contributed by atoms with E-state index in [1.54, 1.807) is 0 Å². The van der Waals surface area contributed by atoms with Gasteiger partial charge in [-0.1, -0.05) is 0 Å². The molecule has 0 aliphatic carbocycles. The molecule has 0 aromatic heterocycles. The predicted octanol–water partition coefficient (Wildman–Crippen LogP) is 3.85. The Morgan fingerprint density at radius 1 is 1.25 bits per heavy atom. The van der Waals surface area contributed by atoms with Gasteiger partial charge in [-0.25, -0.2) is 0 Å². The van der Waals surface area contributed by atoms with Crippen molar-refractivity contribution < 1.29 is 18.0 Å². The van der Waals surface area contributed by atoms with Gasteiger partial charge in [-0.2, -0.15) is 13.2 Å². The van der Waals surface area contributed by atoms with Crippen molar-refractivity contribution in [1.29, 1.82) is 0 Å². The molecular weight excluding hydrogens is 366 g/mol. The molecular formula is C15H22Cl2F3N3O. The fraction of sp³-hybridized carbons (Fsp3) is 0.533. The number of anilines is 2. The fourth-order valence-corrected chi connectivity index (χ4v) is 2.56. The summed E-state index contributed by atoms with van der Waals surface area (Å²) >= 11 is 0. The van der Waals surface area contributed by atoms with Crippen LogP contribution in [0.25, 0.3) is 0 Å². The van der Waals surface area contributed by atoms with Crippen LogP contribution >= 0.6 is 24.8 Å². The molecule has 24 heavy (non-hydrogen) atoms. The molecule has 1 aromatic carbocycles. The number of piperidine rings is 1. The number of nitrogens with two attached hydrogens (primary N) is 1. The van der Waals surface area contributed by atoms with Crippen LogP contribution in [0.15, 0.2) is 18.2 Å². The summed E-state index contributed by atoms with van der Waals surface area (Å²) in [7, 11) is 0. The van der Waals surface area contributed by atoms with E-state index in [0.29, 0.717) is 12.3 Å². The first-order chi connectivity index (χ1) is 10.4. The summed E-state index contributed by atoms with van der Waals surface area (Å²) in [5.41, 5.74) is 4.95. The second-order valence-corrected chi connectivity index (χ2v) is 5.58. The van der Waals surface area contributed by atoms with Crippen molar-refractivity contribution >= 4 is 42.1 Å². The van der Waals surface area contributed by atoms with Crippen LogP contribution in [-0.2, 0) is 11.0 Å². The smallest absolute Gasteiger partial charge is 0.397 e. The third-order valence-electron chi connectivity index (χ3n) is 3.89. The molecule has 9 heteroatoms. The molecule has 0 unspecified atom stereocenters. The molecule has 1 aromatic rings. The van der Waals surface area contributed by atoms with Crippen molar-refractivity contribution in [2.45, 2.75) is 31.9 Å². The molecule has 0 spiro atoms. The number of benzene rings is 1. The second kappa shape index (κ2) is 9.96. The maximum absolute atomic E-state index is 12.7. The Bertz CT molecular complexity index is 535. The van der Waals surface area contributed by atoms with Crippen molar-refractivity contribution in [2.24, 2.45) is 5.92 Å². The SMILES string of the molecule is Cl.Cl.Nc1ccc(C(F)(F)F)cc1NC(=O)CCC1CCNCC1. The summed E-state index contributed by atoms with van der Waals surface area (Å²) in [4.78, 5) is 11.9. The monoisotopic (exact) mass is 387 g/mol. The zero-order valence-corrected chi connectivity index (χ0v) is 14.6.